The van der Waals surface area contributed by atoms with E-state index in [0.29, 0.717) is 10.1 Å². The second kappa shape index (κ2) is 5.82. The molecular formula is C13H10BrFIN. The Morgan fingerprint density at radius 1 is 1.12 bits per heavy atom. The third kappa shape index (κ3) is 3.42. The van der Waals surface area contributed by atoms with Gasteiger partial charge in [0.25, 0.3) is 0 Å². The summed E-state index contributed by atoms with van der Waals surface area (Å²) in [6, 6.07) is 13.1. The van der Waals surface area contributed by atoms with Crippen LogP contribution in [-0.2, 0) is 6.54 Å². The van der Waals surface area contributed by atoms with E-state index >= 15 is 0 Å². The summed E-state index contributed by atoms with van der Waals surface area (Å²) in [4.78, 5) is 0. The van der Waals surface area contributed by atoms with Gasteiger partial charge in [0, 0.05) is 11.0 Å². The van der Waals surface area contributed by atoms with Gasteiger partial charge in [0.2, 0.25) is 0 Å². The fourth-order valence-electron chi connectivity index (χ4n) is 1.44. The van der Waals surface area contributed by atoms with Crippen LogP contribution >= 0.6 is 38.5 Å². The summed E-state index contributed by atoms with van der Waals surface area (Å²) in [6.07, 6.45) is 0. The Kier molecular flexibility index (Phi) is 4.39. The highest BCUT2D eigenvalue weighted by molar-refractivity contribution is 14.1. The van der Waals surface area contributed by atoms with Crippen LogP contribution in [-0.4, -0.2) is 0 Å². The van der Waals surface area contributed by atoms with Crippen LogP contribution in [0.2, 0.25) is 0 Å². The van der Waals surface area contributed by atoms with Crippen LogP contribution in [0, 0.1) is 9.39 Å². The van der Waals surface area contributed by atoms with Gasteiger partial charge in [0.1, 0.15) is 5.82 Å². The maximum Gasteiger partial charge on any atom is 0.138 e. The molecule has 0 aliphatic heterocycles. The molecule has 0 unspecified atom stereocenters. The molecule has 17 heavy (non-hydrogen) atoms. The normalized spacial score (nSPS) is 10.3. The molecule has 4 heteroatoms. The van der Waals surface area contributed by atoms with Crippen LogP contribution in [0.15, 0.2) is 46.9 Å². The Balaban J connectivity index is 2.07. The fraction of sp³-hybridized carbons (Fsp3) is 0.0769. The average molecular weight is 406 g/mol. The Morgan fingerprint density at radius 2 is 1.82 bits per heavy atom. The first-order valence-electron chi connectivity index (χ1n) is 5.09. The zero-order valence-corrected chi connectivity index (χ0v) is 12.6. The fourth-order valence-corrected chi connectivity index (χ4v) is 2.25. The molecule has 0 aliphatic carbocycles. The van der Waals surface area contributed by atoms with E-state index in [1.807, 2.05) is 52.9 Å². The Morgan fingerprint density at radius 3 is 2.53 bits per heavy atom. The van der Waals surface area contributed by atoms with Crippen LogP contribution in [0.4, 0.5) is 10.1 Å². The lowest BCUT2D eigenvalue weighted by molar-refractivity contribution is 0.621. The van der Waals surface area contributed by atoms with Gasteiger partial charge in [-0.25, -0.2) is 4.39 Å². The molecule has 0 saturated heterocycles. The van der Waals surface area contributed by atoms with E-state index in [2.05, 4.69) is 21.2 Å². The van der Waals surface area contributed by atoms with E-state index in [4.69, 9.17) is 0 Å². The Bertz CT molecular complexity index is 513. The van der Waals surface area contributed by atoms with Gasteiger partial charge >= 0.3 is 0 Å². The lowest BCUT2D eigenvalue weighted by atomic mass is 10.2. The number of hydrogen-bond acceptors (Lipinski definition) is 1. The molecule has 88 valence electrons. The summed E-state index contributed by atoms with van der Waals surface area (Å²) >= 11 is 5.40. The third-order valence-corrected chi connectivity index (χ3v) is 3.97. The third-order valence-electron chi connectivity index (χ3n) is 2.35. The number of hydrogen-bond donors (Lipinski definition) is 1. The van der Waals surface area contributed by atoms with E-state index in [-0.39, 0.29) is 5.82 Å². The maximum absolute atomic E-state index is 13.3. The second-order valence-corrected chi connectivity index (χ2v) is 5.58. The van der Waals surface area contributed by atoms with Crippen molar-refractivity contribution in [1.82, 2.24) is 0 Å². The van der Waals surface area contributed by atoms with Crippen LogP contribution in [0.3, 0.4) is 0 Å². The van der Waals surface area contributed by atoms with Gasteiger partial charge in [-0.05, 0) is 52.4 Å². The van der Waals surface area contributed by atoms with Crippen LogP contribution in [0.5, 0.6) is 0 Å². The highest BCUT2D eigenvalue weighted by Crippen LogP contribution is 2.21. The standard InChI is InChI=1S/C13H10BrFIN/c14-10-6-4-9(5-7-10)8-17-12-3-1-2-11(15)13(12)16/h1-7,17H,8H2. The Hall–Kier alpha value is -0.620. The molecule has 0 heterocycles. The number of nitrogens with one attached hydrogen (secondary N) is 1. The zero-order chi connectivity index (χ0) is 12.3. The topological polar surface area (TPSA) is 12.0 Å². The molecule has 0 saturated carbocycles. The molecule has 0 spiro atoms. The minimum absolute atomic E-state index is 0.189. The molecule has 1 nitrogen and oxygen atoms in total. The lowest BCUT2D eigenvalue weighted by Crippen LogP contribution is -2.01. The minimum Gasteiger partial charge on any atom is -0.380 e. The van der Waals surface area contributed by atoms with E-state index < -0.39 is 0 Å². The number of benzene rings is 2. The molecule has 2 aromatic rings. The second-order valence-electron chi connectivity index (χ2n) is 3.58. The summed E-state index contributed by atoms with van der Waals surface area (Å²) in [7, 11) is 0. The SMILES string of the molecule is Fc1cccc(NCc2ccc(Br)cc2)c1I. The first kappa shape index (κ1) is 12.8. The van der Waals surface area contributed by atoms with Crippen molar-refractivity contribution in [1.29, 1.82) is 0 Å². The summed E-state index contributed by atoms with van der Waals surface area (Å²) in [5, 5.41) is 3.23. The van der Waals surface area contributed by atoms with Crippen molar-refractivity contribution >= 4 is 44.2 Å². The minimum atomic E-state index is -0.189. The summed E-state index contributed by atoms with van der Waals surface area (Å²) in [6.45, 7) is 0.687. The zero-order valence-electron chi connectivity index (χ0n) is 8.88. The van der Waals surface area contributed by atoms with E-state index in [0.717, 1.165) is 15.7 Å². The molecule has 0 atom stereocenters. The highest BCUT2D eigenvalue weighted by atomic mass is 127. The van der Waals surface area contributed by atoms with Crippen molar-refractivity contribution in [2.45, 2.75) is 6.54 Å². The average Bonchev–Trinajstić information content (AvgIpc) is 2.33. The molecule has 0 bridgehead atoms. The van der Waals surface area contributed by atoms with Crippen molar-refractivity contribution in [3.05, 3.63) is 61.9 Å². The van der Waals surface area contributed by atoms with Crippen molar-refractivity contribution in [3.63, 3.8) is 0 Å². The quantitative estimate of drug-likeness (QED) is 0.723. The molecular weight excluding hydrogens is 396 g/mol. The van der Waals surface area contributed by atoms with Gasteiger partial charge in [-0.3, -0.25) is 0 Å². The smallest absolute Gasteiger partial charge is 0.138 e. The van der Waals surface area contributed by atoms with Gasteiger partial charge in [-0.2, -0.15) is 0 Å². The predicted molar refractivity (Wildman–Crippen MR) is 80.6 cm³/mol. The van der Waals surface area contributed by atoms with Crippen LogP contribution < -0.4 is 5.32 Å². The first-order valence-corrected chi connectivity index (χ1v) is 6.96. The van der Waals surface area contributed by atoms with Gasteiger partial charge in [-0.1, -0.05) is 34.1 Å². The summed E-state index contributed by atoms with van der Waals surface area (Å²) < 4.78 is 15.0. The molecule has 0 aromatic heterocycles. The molecule has 0 aliphatic rings. The van der Waals surface area contributed by atoms with E-state index in [1.165, 1.54) is 6.07 Å². The molecule has 0 radical (unpaired) electrons. The van der Waals surface area contributed by atoms with Crippen molar-refractivity contribution in [2.24, 2.45) is 0 Å². The van der Waals surface area contributed by atoms with Crippen LogP contribution in [0.25, 0.3) is 0 Å². The summed E-state index contributed by atoms with van der Waals surface area (Å²) in [5.74, 6) is -0.189. The van der Waals surface area contributed by atoms with Crippen molar-refractivity contribution < 1.29 is 4.39 Å². The van der Waals surface area contributed by atoms with Crippen molar-refractivity contribution in [2.75, 3.05) is 5.32 Å². The molecule has 2 aromatic carbocycles. The number of halogens is 3. The number of anilines is 1. The molecule has 1 N–H and O–H groups in total. The largest absolute Gasteiger partial charge is 0.380 e. The molecule has 0 fully saturated rings. The summed E-state index contributed by atoms with van der Waals surface area (Å²) in [5.41, 5.74) is 1.99. The molecule has 0 amide bonds. The lowest BCUT2D eigenvalue weighted by Gasteiger charge is -2.09. The maximum atomic E-state index is 13.3. The predicted octanol–water partition coefficient (Wildman–Crippen LogP) is 4.80. The van der Waals surface area contributed by atoms with Crippen molar-refractivity contribution in [3.8, 4) is 0 Å². The number of rotatable bonds is 3. The Labute approximate surface area is 122 Å². The van der Waals surface area contributed by atoms with Crippen LogP contribution in [0.1, 0.15) is 5.56 Å². The van der Waals surface area contributed by atoms with Gasteiger partial charge in [0.15, 0.2) is 0 Å². The highest BCUT2D eigenvalue weighted by Gasteiger charge is 2.04. The first-order chi connectivity index (χ1) is 8.16. The van der Waals surface area contributed by atoms with Gasteiger partial charge in [-0.15, -0.1) is 0 Å². The van der Waals surface area contributed by atoms with E-state index in [1.54, 1.807) is 6.07 Å². The van der Waals surface area contributed by atoms with Gasteiger partial charge in [0.05, 0.1) is 9.26 Å². The van der Waals surface area contributed by atoms with E-state index in [9.17, 15) is 4.39 Å². The van der Waals surface area contributed by atoms with Gasteiger partial charge < -0.3 is 5.32 Å². The monoisotopic (exact) mass is 405 g/mol. The molecule has 2 rings (SSSR count).